The van der Waals surface area contributed by atoms with Gasteiger partial charge in [0.2, 0.25) is 0 Å². The number of carbonyl (C=O) groups is 1. The number of benzene rings is 2. The lowest BCUT2D eigenvalue weighted by molar-refractivity contribution is 0.262. The summed E-state index contributed by atoms with van der Waals surface area (Å²) in [6.07, 6.45) is 0. The zero-order valence-electron chi connectivity index (χ0n) is 16.2. The van der Waals surface area contributed by atoms with Gasteiger partial charge in [-0.05, 0) is 70.2 Å². The molecule has 0 fully saturated rings. The second-order valence-electron chi connectivity index (χ2n) is 6.40. The number of amides is 2. The van der Waals surface area contributed by atoms with E-state index in [1.807, 2.05) is 56.3 Å². The largest absolute Gasteiger partial charge is 0.372 e. The Kier molecular flexibility index (Phi) is 5.54. The lowest BCUT2D eigenvalue weighted by Gasteiger charge is -2.21. The molecule has 0 aliphatic heterocycles. The number of nitrogens with zero attached hydrogens (tertiary/aromatic N) is 3. The Hall–Kier alpha value is -3.15. The first-order valence-corrected chi connectivity index (χ1v) is 9.18. The van der Waals surface area contributed by atoms with Crippen molar-refractivity contribution in [2.75, 3.05) is 28.6 Å². The van der Waals surface area contributed by atoms with E-state index in [4.69, 9.17) is 0 Å². The average molecular weight is 363 g/mol. The summed E-state index contributed by atoms with van der Waals surface area (Å²) in [6, 6.07) is 13.1. The SMILES string of the molecule is CCN(CC)c1ccc(NC(=O)Nc2ccc3nc(C)c(C)nc3c2)cc1. The second-order valence-corrected chi connectivity index (χ2v) is 6.40. The van der Waals surface area contributed by atoms with Crippen LogP contribution in [0, 0.1) is 13.8 Å². The molecule has 0 saturated heterocycles. The van der Waals surface area contributed by atoms with Crippen LogP contribution in [0.25, 0.3) is 11.0 Å². The third-order valence-corrected chi connectivity index (χ3v) is 4.59. The molecule has 0 saturated carbocycles. The van der Waals surface area contributed by atoms with Crippen molar-refractivity contribution in [2.45, 2.75) is 27.7 Å². The number of rotatable bonds is 5. The van der Waals surface area contributed by atoms with Gasteiger partial charge >= 0.3 is 6.03 Å². The molecule has 0 bridgehead atoms. The summed E-state index contributed by atoms with van der Waals surface area (Å²) in [4.78, 5) is 23.6. The van der Waals surface area contributed by atoms with Crippen LogP contribution in [0.4, 0.5) is 21.9 Å². The summed E-state index contributed by atoms with van der Waals surface area (Å²) in [6.45, 7) is 10.0. The highest BCUT2D eigenvalue weighted by atomic mass is 16.2. The maximum absolute atomic E-state index is 12.3. The molecule has 0 radical (unpaired) electrons. The number of urea groups is 1. The molecule has 1 heterocycles. The summed E-state index contributed by atoms with van der Waals surface area (Å²) >= 11 is 0. The smallest absolute Gasteiger partial charge is 0.323 e. The fraction of sp³-hybridized carbons (Fsp3) is 0.286. The average Bonchev–Trinajstić information content (AvgIpc) is 2.65. The van der Waals surface area contributed by atoms with Crippen LogP contribution in [0.15, 0.2) is 42.5 Å². The Balaban J connectivity index is 1.68. The Labute approximate surface area is 159 Å². The van der Waals surface area contributed by atoms with Crippen molar-refractivity contribution in [2.24, 2.45) is 0 Å². The number of hydrogen-bond acceptors (Lipinski definition) is 4. The van der Waals surface area contributed by atoms with Gasteiger partial charge in [0.15, 0.2) is 0 Å². The van der Waals surface area contributed by atoms with Crippen molar-refractivity contribution in [1.29, 1.82) is 0 Å². The maximum atomic E-state index is 12.3. The van der Waals surface area contributed by atoms with E-state index in [1.165, 1.54) is 0 Å². The number of aromatic nitrogens is 2. The van der Waals surface area contributed by atoms with Crippen molar-refractivity contribution in [3.8, 4) is 0 Å². The number of nitrogens with one attached hydrogen (secondary N) is 2. The van der Waals surface area contributed by atoms with E-state index < -0.39 is 0 Å². The van der Waals surface area contributed by atoms with Crippen LogP contribution >= 0.6 is 0 Å². The molecule has 3 rings (SSSR count). The maximum Gasteiger partial charge on any atom is 0.323 e. The fourth-order valence-electron chi connectivity index (χ4n) is 2.95. The van der Waals surface area contributed by atoms with Crippen LogP contribution in [0.2, 0.25) is 0 Å². The highest BCUT2D eigenvalue weighted by Crippen LogP contribution is 2.20. The third-order valence-electron chi connectivity index (χ3n) is 4.59. The zero-order chi connectivity index (χ0) is 19.4. The quantitative estimate of drug-likeness (QED) is 0.687. The molecule has 140 valence electrons. The van der Waals surface area contributed by atoms with Crippen molar-refractivity contribution in [1.82, 2.24) is 9.97 Å². The minimum atomic E-state index is -0.290. The normalized spacial score (nSPS) is 10.7. The molecule has 0 aliphatic rings. The first kappa shape index (κ1) is 18.6. The molecule has 0 unspecified atom stereocenters. The van der Waals surface area contributed by atoms with E-state index in [0.29, 0.717) is 5.69 Å². The lowest BCUT2D eigenvalue weighted by atomic mass is 10.2. The highest BCUT2D eigenvalue weighted by molar-refractivity contribution is 6.00. The summed E-state index contributed by atoms with van der Waals surface area (Å²) in [5.41, 5.74) is 5.94. The number of aryl methyl sites for hydroxylation is 2. The van der Waals surface area contributed by atoms with Crippen LogP contribution < -0.4 is 15.5 Å². The van der Waals surface area contributed by atoms with Crippen LogP contribution in [0.3, 0.4) is 0 Å². The summed E-state index contributed by atoms with van der Waals surface area (Å²) in [5, 5.41) is 5.70. The predicted molar refractivity (Wildman–Crippen MR) is 112 cm³/mol. The van der Waals surface area contributed by atoms with Gasteiger partial charge in [-0.1, -0.05) is 0 Å². The van der Waals surface area contributed by atoms with Crippen LogP contribution in [-0.4, -0.2) is 29.1 Å². The lowest BCUT2D eigenvalue weighted by Crippen LogP contribution is -2.22. The molecule has 27 heavy (non-hydrogen) atoms. The van der Waals surface area contributed by atoms with E-state index in [-0.39, 0.29) is 6.03 Å². The second kappa shape index (κ2) is 8.03. The highest BCUT2D eigenvalue weighted by Gasteiger charge is 2.07. The molecule has 0 aliphatic carbocycles. The van der Waals surface area contributed by atoms with Gasteiger partial charge in [-0.25, -0.2) is 14.8 Å². The molecule has 3 aromatic rings. The number of fused-ring (bicyclic) bond motifs is 1. The number of anilines is 3. The van der Waals surface area contributed by atoms with E-state index in [0.717, 1.165) is 46.9 Å². The van der Waals surface area contributed by atoms with Gasteiger partial charge < -0.3 is 15.5 Å². The van der Waals surface area contributed by atoms with Crippen molar-refractivity contribution < 1.29 is 4.79 Å². The van der Waals surface area contributed by atoms with Crippen molar-refractivity contribution in [3.63, 3.8) is 0 Å². The van der Waals surface area contributed by atoms with Crippen molar-refractivity contribution >= 4 is 34.1 Å². The standard InChI is InChI=1S/C21H25N5O/c1-5-26(6-2)18-10-7-16(8-11-18)24-21(27)25-17-9-12-19-20(13-17)23-15(4)14(3)22-19/h7-13H,5-6H2,1-4H3,(H2,24,25,27). The topological polar surface area (TPSA) is 70.2 Å². The molecule has 2 N–H and O–H groups in total. The summed E-state index contributed by atoms with van der Waals surface area (Å²) in [5.74, 6) is 0. The van der Waals surface area contributed by atoms with Crippen molar-refractivity contribution in [3.05, 3.63) is 53.9 Å². The van der Waals surface area contributed by atoms with Crippen LogP contribution in [0.5, 0.6) is 0 Å². The molecular formula is C21H25N5O. The third kappa shape index (κ3) is 4.34. The Bertz CT molecular complexity index is 949. The van der Waals surface area contributed by atoms with Crippen LogP contribution in [-0.2, 0) is 0 Å². The number of carbonyl (C=O) groups excluding carboxylic acids is 1. The van der Waals surface area contributed by atoms with Gasteiger partial charge in [0, 0.05) is 30.2 Å². The molecular weight excluding hydrogens is 338 g/mol. The molecule has 2 aromatic carbocycles. The van der Waals surface area contributed by atoms with Gasteiger partial charge in [0.1, 0.15) is 0 Å². The van der Waals surface area contributed by atoms with E-state index in [2.05, 4.69) is 39.3 Å². The van der Waals surface area contributed by atoms with E-state index in [9.17, 15) is 4.79 Å². The van der Waals surface area contributed by atoms with E-state index >= 15 is 0 Å². The minimum Gasteiger partial charge on any atom is -0.372 e. The first-order valence-electron chi connectivity index (χ1n) is 9.18. The van der Waals surface area contributed by atoms with Gasteiger partial charge in [-0.15, -0.1) is 0 Å². The molecule has 0 spiro atoms. The van der Waals surface area contributed by atoms with E-state index in [1.54, 1.807) is 0 Å². The Morgan fingerprint density at radius 2 is 1.41 bits per heavy atom. The first-order chi connectivity index (χ1) is 13.0. The molecule has 0 atom stereocenters. The molecule has 1 aromatic heterocycles. The van der Waals surface area contributed by atoms with Gasteiger partial charge in [-0.3, -0.25) is 0 Å². The monoisotopic (exact) mass is 363 g/mol. The molecule has 2 amide bonds. The number of hydrogen-bond donors (Lipinski definition) is 2. The Morgan fingerprint density at radius 3 is 2.04 bits per heavy atom. The predicted octanol–water partition coefficient (Wildman–Crippen LogP) is 4.74. The van der Waals surface area contributed by atoms with Gasteiger partial charge in [0.05, 0.1) is 22.4 Å². The summed E-state index contributed by atoms with van der Waals surface area (Å²) < 4.78 is 0. The van der Waals surface area contributed by atoms with Crippen LogP contribution in [0.1, 0.15) is 25.2 Å². The van der Waals surface area contributed by atoms with Gasteiger partial charge in [0.25, 0.3) is 0 Å². The molecule has 6 heteroatoms. The summed E-state index contributed by atoms with van der Waals surface area (Å²) in [7, 11) is 0. The molecule has 6 nitrogen and oxygen atoms in total. The van der Waals surface area contributed by atoms with Gasteiger partial charge in [-0.2, -0.15) is 0 Å². The Morgan fingerprint density at radius 1 is 0.852 bits per heavy atom. The fourth-order valence-corrected chi connectivity index (χ4v) is 2.95. The minimum absolute atomic E-state index is 0.290. The zero-order valence-corrected chi connectivity index (χ0v) is 16.2.